The van der Waals surface area contributed by atoms with Crippen LogP contribution in [0, 0.1) is 0 Å². The van der Waals surface area contributed by atoms with Crippen molar-refractivity contribution in [3.63, 3.8) is 0 Å². The standard InChI is InChI=1S/C16H22N4O/c1-10(11-6-5-7-12(17)8-11)15(21)18-14-9-13(19-20-14)16(2,3)4/h5-10H,17H2,1-4H3,(H2,18,19,20,21). The van der Waals surface area contributed by atoms with Gasteiger partial charge in [0.05, 0.1) is 5.92 Å². The third-order valence-electron chi connectivity index (χ3n) is 3.44. The number of hydrogen-bond donors (Lipinski definition) is 3. The maximum Gasteiger partial charge on any atom is 0.232 e. The van der Waals surface area contributed by atoms with Crippen LogP contribution in [0.25, 0.3) is 0 Å². The molecule has 21 heavy (non-hydrogen) atoms. The average molecular weight is 286 g/mol. The first-order chi connectivity index (χ1) is 9.77. The molecule has 0 aliphatic carbocycles. The molecule has 4 N–H and O–H groups in total. The monoisotopic (exact) mass is 286 g/mol. The number of anilines is 2. The summed E-state index contributed by atoms with van der Waals surface area (Å²) in [6.45, 7) is 8.10. The van der Waals surface area contributed by atoms with Gasteiger partial charge in [-0.25, -0.2) is 0 Å². The topological polar surface area (TPSA) is 83.8 Å². The van der Waals surface area contributed by atoms with Crippen LogP contribution in [-0.4, -0.2) is 16.1 Å². The molecule has 0 bridgehead atoms. The number of amides is 1. The van der Waals surface area contributed by atoms with E-state index in [-0.39, 0.29) is 17.2 Å². The smallest absolute Gasteiger partial charge is 0.232 e. The minimum Gasteiger partial charge on any atom is -0.399 e. The first-order valence-electron chi connectivity index (χ1n) is 6.99. The minimum atomic E-state index is -0.289. The summed E-state index contributed by atoms with van der Waals surface area (Å²) in [7, 11) is 0. The Balaban J connectivity index is 2.09. The molecule has 0 saturated carbocycles. The third kappa shape index (κ3) is 3.62. The number of benzene rings is 1. The number of aromatic nitrogens is 2. The number of rotatable bonds is 3. The van der Waals surface area contributed by atoms with Gasteiger partial charge in [0.2, 0.25) is 5.91 Å². The molecule has 0 aliphatic rings. The van der Waals surface area contributed by atoms with E-state index in [1.165, 1.54) is 0 Å². The normalized spacial score (nSPS) is 13.0. The van der Waals surface area contributed by atoms with Gasteiger partial charge in [-0.3, -0.25) is 9.89 Å². The number of nitrogens with one attached hydrogen (secondary N) is 2. The summed E-state index contributed by atoms with van der Waals surface area (Å²) in [5.74, 6) is 0.150. The number of carbonyl (C=O) groups excluding carboxylic acids is 1. The summed E-state index contributed by atoms with van der Waals surface area (Å²) in [5, 5.41) is 9.92. The lowest BCUT2D eigenvalue weighted by Gasteiger charge is -2.14. The van der Waals surface area contributed by atoms with Gasteiger partial charge in [-0.1, -0.05) is 32.9 Å². The van der Waals surface area contributed by atoms with Crippen molar-refractivity contribution in [2.45, 2.75) is 39.0 Å². The lowest BCUT2D eigenvalue weighted by atomic mass is 9.92. The molecule has 112 valence electrons. The number of carbonyl (C=O) groups is 1. The highest BCUT2D eigenvalue weighted by Crippen LogP contribution is 2.23. The molecular weight excluding hydrogens is 264 g/mol. The Morgan fingerprint density at radius 2 is 2.05 bits per heavy atom. The van der Waals surface area contributed by atoms with E-state index in [2.05, 4.69) is 36.3 Å². The molecule has 1 heterocycles. The highest BCUT2D eigenvalue weighted by Gasteiger charge is 2.20. The summed E-state index contributed by atoms with van der Waals surface area (Å²) in [5.41, 5.74) is 8.24. The average Bonchev–Trinajstić information content (AvgIpc) is 2.86. The van der Waals surface area contributed by atoms with Gasteiger partial charge in [0.15, 0.2) is 5.82 Å². The number of nitrogens with two attached hydrogens (primary N) is 1. The predicted molar refractivity (Wildman–Crippen MR) is 85.2 cm³/mol. The molecule has 5 heteroatoms. The molecule has 0 radical (unpaired) electrons. The van der Waals surface area contributed by atoms with Gasteiger partial charge >= 0.3 is 0 Å². The molecule has 0 spiro atoms. The molecule has 0 fully saturated rings. The molecule has 1 aromatic carbocycles. The summed E-state index contributed by atoms with van der Waals surface area (Å²) in [4.78, 5) is 12.3. The van der Waals surface area contributed by atoms with Crippen molar-refractivity contribution in [1.29, 1.82) is 0 Å². The molecule has 1 unspecified atom stereocenters. The quantitative estimate of drug-likeness (QED) is 0.758. The molecular formula is C16H22N4O. The van der Waals surface area contributed by atoms with Crippen LogP contribution < -0.4 is 11.1 Å². The van der Waals surface area contributed by atoms with Crippen LogP contribution in [-0.2, 0) is 10.2 Å². The lowest BCUT2D eigenvalue weighted by molar-refractivity contribution is -0.117. The van der Waals surface area contributed by atoms with Crippen LogP contribution >= 0.6 is 0 Å². The molecule has 5 nitrogen and oxygen atoms in total. The maximum absolute atomic E-state index is 12.3. The van der Waals surface area contributed by atoms with E-state index < -0.39 is 0 Å². The van der Waals surface area contributed by atoms with Crippen molar-refractivity contribution >= 4 is 17.4 Å². The van der Waals surface area contributed by atoms with Crippen molar-refractivity contribution in [2.24, 2.45) is 0 Å². The second kappa shape index (κ2) is 5.60. The van der Waals surface area contributed by atoms with Crippen LogP contribution in [0.2, 0.25) is 0 Å². The Kier molecular flexibility index (Phi) is 4.02. The number of hydrogen-bond acceptors (Lipinski definition) is 3. The number of aromatic amines is 1. The molecule has 0 saturated heterocycles. The van der Waals surface area contributed by atoms with E-state index in [9.17, 15) is 4.79 Å². The summed E-state index contributed by atoms with van der Waals surface area (Å²) < 4.78 is 0. The van der Waals surface area contributed by atoms with Gasteiger partial charge in [0.25, 0.3) is 0 Å². The fraction of sp³-hybridized carbons (Fsp3) is 0.375. The highest BCUT2D eigenvalue weighted by atomic mass is 16.1. The molecule has 1 aromatic heterocycles. The van der Waals surface area contributed by atoms with E-state index in [1.54, 1.807) is 6.07 Å². The Labute approximate surface area is 124 Å². The van der Waals surface area contributed by atoms with Gasteiger partial charge in [0, 0.05) is 22.9 Å². The zero-order valence-electron chi connectivity index (χ0n) is 12.9. The minimum absolute atomic E-state index is 0.0323. The zero-order chi connectivity index (χ0) is 15.6. The number of nitrogen functional groups attached to an aromatic ring is 1. The Hall–Kier alpha value is -2.30. The Morgan fingerprint density at radius 1 is 1.33 bits per heavy atom. The van der Waals surface area contributed by atoms with E-state index in [0.717, 1.165) is 11.3 Å². The van der Waals surface area contributed by atoms with Crippen LogP contribution in [0.5, 0.6) is 0 Å². The van der Waals surface area contributed by atoms with E-state index in [4.69, 9.17) is 5.73 Å². The second-order valence-electron chi connectivity index (χ2n) is 6.30. The van der Waals surface area contributed by atoms with Crippen molar-refractivity contribution in [3.05, 3.63) is 41.6 Å². The Bertz CT molecular complexity index is 640. The van der Waals surface area contributed by atoms with Crippen LogP contribution in [0.15, 0.2) is 30.3 Å². The van der Waals surface area contributed by atoms with Crippen LogP contribution in [0.1, 0.15) is 44.9 Å². The van der Waals surface area contributed by atoms with Gasteiger partial charge in [0.1, 0.15) is 0 Å². The fourth-order valence-electron chi connectivity index (χ4n) is 1.98. The van der Waals surface area contributed by atoms with Crippen molar-refractivity contribution in [3.8, 4) is 0 Å². The first kappa shape index (κ1) is 15.1. The zero-order valence-corrected chi connectivity index (χ0v) is 12.9. The van der Waals surface area contributed by atoms with Gasteiger partial charge < -0.3 is 11.1 Å². The maximum atomic E-state index is 12.3. The fourth-order valence-corrected chi connectivity index (χ4v) is 1.98. The number of H-pyrrole nitrogens is 1. The summed E-state index contributed by atoms with van der Waals surface area (Å²) >= 11 is 0. The SMILES string of the molecule is CC(C(=O)Nc1cc(C(C)(C)C)[nH]n1)c1cccc(N)c1. The van der Waals surface area contributed by atoms with E-state index in [0.29, 0.717) is 11.5 Å². The van der Waals surface area contributed by atoms with E-state index >= 15 is 0 Å². The van der Waals surface area contributed by atoms with Crippen molar-refractivity contribution in [1.82, 2.24) is 10.2 Å². The van der Waals surface area contributed by atoms with Crippen molar-refractivity contribution < 1.29 is 4.79 Å². The van der Waals surface area contributed by atoms with Crippen LogP contribution in [0.3, 0.4) is 0 Å². The highest BCUT2D eigenvalue weighted by molar-refractivity contribution is 5.95. The van der Waals surface area contributed by atoms with Gasteiger partial charge in [-0.15, -0.1) is 0 Å². The number of nitrogens with zero attached hydrogens (tertiary/aromatic N) is 1. The summed E-state index contributed by atoms with van der Waals surface area (Å²) in [6, 6.07) is 9.23. The largest absolute Gasteiger partial charge is 0.399 e. The van der Waals surface area contributed by atoms with E-state index in [1.807, 2.05) is 31.2 Å². The molecule has 0 aliphatic heterocycles. The summed E-state index contributed by atoms with van der Waals surface area (Å²) in [6.07, 6.45) is 0. The second-order valence-corrected chi connectivity index (χ2v) is 6.30. The first-order valence-corrected chi connectivity index (χ1v) is 6.99. The third-order valence-corrected chi connectivity index (χ3v) is 3.44. The predicted octanol–water partition coefficient (Wildman–Crippen LogP) is 3.03. The molecule has 2 rings (SSSR count). The van der Waals surface area contributed by atoms with Crippen molar-refractivity contribution in [2.75, 3.05) is 11.1 Å². The molecule has 2 aromatic rings. The van der Waals surface area contributed by atoms with Crippen LogP contribution in [0.4, 0.5) is 11.5 Å². The van der Waals surface area contributed by atoms with Gasteiger partial charge in [-0.05, 0) is 24.6 Å². The van der Waals surface area contributed by atoms with Gasteiger partial charge in [-0.2, -0.15) is 5.10 Å². The lowest BCUT2D eigenvalue weighted by Crippen LogP contribution is -2.19. The molecule has 1 amide bonds. The molecule has 1 atom stereocenters. The Morgan fingerprint density at radius 3 is 2.62 bits per heavy atom.